The normalized spacial score (nSPS) is 17.6. The number of rotatable bonds is 2. The lowest BCUT2D eigenvalue weighted by atomic mass is 9.96. The van der Waals surface area contributed by atoms with E-state index < -0.39 is 0 Å². The lowest BCUT2D eigenvalue weighted by molar-refractivity contribution is -0.120. The van der Waals surface area contributed by atoms with Crippen LogP contribution in [0.3, 0.4) is 0 Å². The number of aromatic nitrogens is 2. The zero-order valence-electron chi connectivity index (χ0n) is 11.5. The standard InChI is InChI=1S/C15H18N4O/c1-10-2-3-13(12(16)8-10)18-15(20)11-4-6-19-7-5-17-14(19)9-11/h2-3,5,7-8,11H,4,6,9,16H2,1H3,(H,18,20). The van der Waals surface area contributed by atoms with Gasteiger partial charge in [0, 0.05) is 31.3 Å². The van der Waals surface area contributed by atoms with Crippen LogP contribution in [0.4, 0.5) is 11.4 Å². The summed E-state index contributed by atoms with van der Waals surface area (Å²) in [4.78, 5) is 16.6. The van der Waals surface area contributed by atoms with Crippen LogP contribution in [0.25, 0.3) is 0 Å². The van der Waals surface area contributed by atoms with E-state index in [1.165, 1.54) is 0 Å². The number of nitrogens with two attached hydrogens (primary N) is 1. The number of fused-ring (bicyclic) bond motifs is 1. The number of carbonyl (C=O) groups is 1. The smallest absolute Gasteiger partial charge is 0.228 e. The number of nitrogens with zero attached hydrogens (tertiary/aromatic N) is 2. The molecule has 5 heteroatoms. The molecule has 1 unspecified atom stereocenters. The number of hydrogen-bond acceptors (Lipinski definition) is 3. The number of amides is 1. The summed E-state index contributed by atoms with van der Waals surface area (Å²) in [6.07, 6.45) is 5.26. The molecule has 3 N–H and O–H groups in total. The molecule has 0 radical (unpaired) electrons. The molecule has 20 heavy (non-hydrogen) atoms. The van der Waals surface area contributed by atoms with Crippen LogP contribution in [0.5, 0.6) is 0 Å². The molecule has 1 aromatic carbocycles. The van der Waals surface area contributed by atoms with Crippen LogP contribution < -0.4 is 11.1 Å². The predicted molar refractivity (Wildman–Crippen MR) is 78.3 cm³/mol. The van der Waals surface area contributed by atoms with E-state index in [-0.39, 0.29) is 11.8 Å². The van der Waals surface area contributed by atoms with Crippen LogP contribution in [0.15, 0.2) is 30.6 Å². The molecule has 1 aliphatic rings. The maximum atomic E-state index is 12.3. The van der Waals surface area contributed by atoms with E-state index in [2.05, 4.69) is 14.9 Å². The largest absolute Gasteiger partial charge is 0.397 e. The van der Waals surface area contributed by atoms with Crippen molar-refractivity contribution in [2.45, 2.75) is 26.3 Å². The van der Waals surface area contributed by atoms with Gasteiger partial charge in [0.05, 0.1) is 11.4 Å². The predicted octanol–water partition coefficient (Wildman–Crippen LogP) is 1.97. The molecule has 0 saturated heterocycles. The van der Waals surface area contributed by atoms with Gasteiger partial charge in [-0.1, -0.05) is 6.07 Å². The zero-order chi connectivity index (χ0) is 14.1. The molecule has 0 saturated carbocycles. The number of nitrogens with one attached hydrogen (secondary N) is 1. The minimum absolute atomic E-state index is 0.0230. The first-order valence-electron chi connectivity index (χ1n) is 6.80. The van der Waals surface area contributed by atoms with Crippen LogP contribution in [-0.2, 0) is 17.8 Å². The summed E-state index contributed by atoms with van der Waals surface area (Å²) < 4.78 is 2.10. The minimum Gasteiger partial charge on any atom is -0.397 e. The number of nitrogen functional groups attached to an aromatic ring is 1. The Kier molecular flexibility index (Phi) is 3.18. The molecule has 2 heterocycles. The van der Waals surface area contributed by atoms with Crippen molar-refractivity contribution < 1.29 is 4.79 Å². The molecule has 1 amide bonds. The minimum atomic E-state index is -0.0365. The van der Waals surface area contributed by atoms with E-state index in [0.29, 0.717) is 17.8 Å². The second-order valence-corrected chi connectivity index (χ2v) is 5.31. The van der Waals surface area contributed by atoms with Gasteiger partial charge in [0.15, 0.2) is 0 Å². The van der Waals surface area contributed by atoms with Crippen molar-refractivity contribution in [2.75, 3.05) is 11.1 Å². The van der Waals surface area contributed by atoms with Gasteiger partial charge in [-0.2, -0.15) is 0 Å². The Morgan fingerprint density at radius 2 is 2.35 bits per heavy atom. The number of carbonyl (C=O) groups excluding carboxylic acids is 1. The van der Waals surface area contributed by atoms with Crippen LogP contribution in [0.2, 0.25) is 0 Å². The topological polar surface area (TPSA) is 72.9 Å². The van der Waals surface area contributed by atoms with Crippen molar-refractivity contribution in [3.05, 3.63) is 42.0 Å². The van der Waals surface area contributed by atoms with Crippen LogP contribution >= 0.6 is 0 Å². The van der Waals surface area contributed by atoms with Gasteiger partial charge < -0.3 is 15.6 Å². The van der Waals surface area contributed by atoms with Crippen molar-refractivity contribution in [1.29, 1.82) is 0 Å². The molecule has 1 aromatic heterocycles. The molecule has 0 bridgehead atoms. The summed E-state index contributed by atoms with van der Waals surface area (Å²) in [5.74, 6) is 0.966. The highest BCUT2D eigenvalue weighted by atomic mass is 16.1. The fraction of sp³-hybridized carbons (Fsp3) is 0.333. The van der Waals surface area contributed by atoms with Gasteiger partial charge in [-0.05, 0) is 31.0 Å². The Morgan fingerprint density at radius 1 is 1.50 bits per heavy atom. The van der Waals surface area contributed by atoms with Crippen molar-refractivity contribution in [2.24, 2.45) is 5.92 Å². The van der Waals surface area contributed by atoms with E-state index in [1.54, 1.807) is 6.20 Å². The van der Waals surface area contributed by atoms with E-state index in [9.17, 15) is 4.79 Å². The number of anilines is 2. The van der Waals surface area contributed by atoms with Crippen molar-refractivity contribution >= 4 is 17.3 Å². The van der Waals surface area contributed by atoms with Crippen molar-refractivity contribution in [1.82, 2.24) is 9.55 Å². The van der Waals surface area contributed by atoms with Gasteiger partial charge in [-0.25, -0.2) is 4.98 Å². The van der Waals surface area contributed by atoms with Crippen LogP contribution in [0, 0.1) is 12.8 Å². The van der Waals surface area contributed by atoms with Gasteiger partial charge in [0.25, 0.3) is 0 Å². The van der Waals surface area contributed by atoms with Gasteiger partial charge in [0.2, 0.25) is 5.91 Å². The van der Waals surface area contributed by atoms with E-state index in [1.807, 2.05) is 31.3 Å². The molecule has 0 spiro atoms. The Balaban J connectivity index is 1.71. The maximum absolute atomic E-state index is 12.3. The molecule has 1 atom stereocenters. The van der Waals surface area contributed by atoms with Gasteiger partial charge in [-0.3, -0.25) is 4.79 Å². The first-order valence-corrected chi connectivity index (χ1v) is 6.80. The average Bonchev–Trinajstić information content (AvgIpc) is 2.89. The lowest BCUT2D eigenvalue weighted by Crippen LogP contribution is -2.30. The van der Waals surface area contributed by atoms with Gasteiger partial charge >= 0.3 is 0 Å². The number of aryl methyl sites for hydroxylation is 2. The quantitative estimate of drug-likeness (QED) is 0.819. The summed E-state index contributed by atoms with van der Waals surface area (Å²) in [6, 6.07) is 5.66. The third-order valence-corrected chi connectivity index (χ3v) is 3.78. The molecule has 0 aliphatic carbocycles. The van der Waals surface area contributed by atoms with E-state index >= 15 is 0 Å². The second-order valence-electron chi connectivity index (χ2n) is 5.31. The molecule has 104 valence electrons. The van der Waals surface area contributed by atoms with E-state index in [0.717, 1.165) is 24.4 Å². The Bertz CT molecular complexity index is 647. The molecule has 3 rings (SSSR count). The highest BCUT2D eigenvalue weighted by Crippen LogP contribution is 2.24. The zero-order valence-corrected chi connectivity index (χ0v) is 11.5. The van der Waals surface area contributed by atoms with E-state index in [4.69, 9.17) is 5.73 Å². The number of imidazole rings is 1. The summed E-state index contributed by atoms with van der Waals surface area (Å²) in [7, 11) is 0. The SMILES string of the molecule is Cc1ccc(NC(=O)C2CCn3ccnc3C2)c(N)c1. The summed E-state index contributed by atoms with van der Waals surface area (Å²) in [6.45, 7) is 2.82. The van der Waals surface area contributed by atoms with Gasteiger partial charge in [-0.15, -0.1) is 0 Å². The lowest BCUT2D eigenvalue weighted by Gasteiger charge is -2.22. The van der Waals surface area contributed by atoms with Crippen molar-refractivity contribution in [3.8, 4) is 0 Å². The maximum Gasteiger partial charge on any atom is 0.228 e. The molecule has 1 aliphatic heterocycles. The Morgan fingerprint density at radius 3 is 3.15 bits per heavy atom. The third kappa shape index (κ3) is 2.39. The Labute approximate surface area is 117 Å². The highest BCUT2D eigenvalue weighted by molar-refractivity contribution is 5.95. The fourth-order valence-corrected chi connectivity index (χ4v) is 2.61. The Hall–Kier alpha value is -2.30. The monoisotopic (exact) mass is 270 g/mol. The van der Waals surface area contributed by atoms with Crippen LogP contribution in [0.1, 0.15) is 17.8 Å². The molecule has 5 nitrogen and oxygen atoms in total. The van der Waals surface area contributed by atoms with Gasteiger partial charge in [0.1, 0.15) is 5.82 Å². The first kappa shape index (κ1) is 12.7. The van der Waals surface area contributed by atoms with Crippen LogP contribution in [-0.4, -0.2) is 15.5 Å². The summed E-state index contributed by atoms with van der Waals surface area (Å²) in [5.41, 5.74) is 8.31. The molecular weight excluding hydrogens is 252 g/mol. The summed E-state index contributed by atoms with van der Waals surface area (Å²) in [5, 5.41) is 2.93. The first-order chi connectivity index (χ1) is 9.63. The fourth-order valence-electron chi connectivity index (χ4n) is 2.61. The highest BCUT2D eigenvalue weighted by Gasteiger charge is 2.25. The molecule has 2 aromatic rings. The summed E-state index contributed by atoms with van der Waals surface area (Å²) >= 11 is 0. The molecule has 0 fully saturated rings. The third-order valence-electron chi connectivity index (χ3n) is 3.78. The number of benzene rings is 1. The second kappa shape index (κ2) is 5.00. The number of hydrogen-bond donors (Lipinski definition) is 2. The van der Waals surface area contributed by atoms with Crippen molar-refractivity contribution in [3.63, 3.8) is 0 Å². The molecular formula is C15H18N4O. The average molecular weight is 270 g/mol.